The molecule has 0 aliphatic heterocycles. The summed E-state index contributed by atoms with van der Waals surface area (Å²) < 4.78 is 14.5. The molecule has 0 amide bonds. The number of carboxylic acids is 1. The molecule has 8 heteroatoms. The molecule has 0 aromatic carbocycles. The fraction of sp³-hybridized carbons (Fsp3) is 0.800. The molecule has 0 heterocycles. The SMILES string of the molecule is CCOCCOCCOC(=O)C(O)C(O)C(=O)O. The highest BCUT2D eigenvalue weighted by Crippen LogP contribution is 1.97. The van der Waals surface area contributed by atoms with Gasteiger partial charge in [-0.1, -0.05) is 0 Å². The molecule has 0 aromatic rings. The van der Waals surface area contributed by atoms with Crippen molar-refractivity contribution in [1.29, 1.82) is 0 Å². The second kappa shape index (κ2) is 9.77. The molecule has 0 spiro atoms. The van der Waals surface area contributed by atoms with E-state index in [9.17, 15) is 9.59 Å². The highest BCUT2D eigenvalue weighted by atomic mass is 16.6. The van der Waals surface area contributed by atoms with Gasteiger partial charge in [0.1, 0.15) is 6.61 Å². The maximum Gasteiger partial charge on any atom is 0.338 e. The minimum atomic E-state index is -2.20. The third-order valence-corrected chi connectivity index (χ3v) is 1.84. The predicted octanol–water partition coefficient (Wildman–Crippen LogP) is -1.61. The summed E-state index contributed by atoms with van der Waals surface area (Å²) in [5, 5.41) is 26.3. The van der Waals surface area contributed by atoms with Crippen LogP contribution in [0.5, 0.6) is 0 Å². The first-order valence-corrected chi connectivity index (χ1v) is 5.41. The smallest absolute Gasteiger partial charge is 0.338 e. The average Bonchev–Trinajstić information content (AvgIpc) is 2.35. The van der Waals surface area contributed by atoms with Crippen LogP contribution in [0.2, 0.25) is 0 Å². The zero-order chi connectivity index (χ0) is 14.0. The second-order valence-electron chi connectivity index (χ2n) is 3.20. The van der Waals surface area contributed by atoms with Crippen LogP contribution in [0.3, 0.4) is 0 Å². The van der Waals surface area contributed by atoms with Gasteiger partial charge in [0.25, 0.3) is 0 Å². The fourth-order valence-corrected chi connectivity index (χ4v) is 0.915. The van der Waals surface area contributed by atoms with Crippen LogP contribution < -0.4 is 0 Å². The van der Waals surface area contributed by atoms with Crippen molar-refractivity contribution in [2.75, 3.05) is 33.0 Å². The first-order valence-electron chi connectivity index (χ1n) is 5.41. The van der Waals surface area contributed by atoms with Gasteiger partial charge in [-0.2, -0.15) is 0 Å². The van der Waals surface area contributed by atoms with Crippen molar-refractivity contribution >= 4 is 11.9 Å². The quantitative estimate of drug-likeness (QED) is 0.319. The molecular formula is C10H18O8. The van der Waals surface area contributed by atoms with E-state index in [-0.39, 0.29) is 13.2 Å². The average molecular weight is 266 g/mol. The lowest BCUT2D eigenvalue weighted by molar-refractivity contribution is -0.170. The van der Waals surface area contributed by atoms with Crippen molar-refractivity contribution in [3.05, 3.63) is 0 Å². The Morgan fingerprint density at radius 2 is 1.56 bits per heavy atom. The van der Waals surface area contributed by atoms with Gasteiger partial charge >= 0.3 is 11.9 Å². The van der Waals surface area contributed by atoms with Crippen LogP contribution in [-0.2, 0) is 23.8 Å². The highest BCUT2D eigenvalue weighted by Gasteiger charge is 2.31. The van der Waals surface area contributed by atoms with Gasteiger partial charge in [-0.25, -0.2) is 9.59 Å². The normalized spacial score (nSPS) is 13.9. The first kappa shape index (κ1) is 16.8. The number of carbonyl (C=O) groups excluding carboxylic acids is 1. The molecule has 0 saturated heterocycles. The second-order valence-corrected chi connectivity index (χ2v) is 3.20. The zero-order valence-corrected chi connectivity index (χ0v) is 10.1. The van der Waals surface area contributed by atoms with E-state index in [1.807, 2.05) is 6.92 Å². The Bertz CT molecular complexity index is 254. The van der Waals surface area contributed by atoms with E-state index in [1.165, 1.54) is 0 Å². The third-order valence-electron chi connectivity index (χ3n) is 1.84. The number of aliphatic carboxylic acids is 1. The molecule has 8 nitrogen and oxygen atoms in total. The van der Waals surface area contributed by atoms with Gasteiger partial charge in [0.05, 0.1) is 19.8 Å². The van der Waals surface area contributed by atoms with E-state index in [0.717, 1.165) is 0 Å². The van der Waals surface area contributed by atoms with E-state index < -0.39 is 24.1 Å². The van der Waals surface area contributed by atoms with Crippen molar-refractivity contribution in [2.45, 2.75) is 19.1 Å². The monoisotopic (exact) mass is 266 g/mol. The number of aliphatic hydroxyl groups excluding tert-OH is 2. The molecule has 2 unspecified atom stereocenters. The lowest BCUT2D eigenvalue weighted by Crippen LogP contribution is -2.40. The van der Waals surface area contributed by atoms with Crippen LogP contribution in [0.4, 0.5) is 0 Å². The molecule has 0 aromatic heterocycles. The Labute approximate surface area is 104 Å². The van der Waals surface area contributed by atoms with Crippen LogP contribution >= 0.6 is 0 Å². The molecule has 18 heavy (non-hydrogen) atoms. The van der Waals surface area contributed by atoms with Crippen LogP contribution in [0.15, 0.2) is 0 Å². The summed E-state index contributed by atoms with van der Waals surface area (Å²) in [5.41, 5.74) is 0. The summed E-state index contributed by atoms with van der Waals surface area (Å²) in [7, 11) is 0. The topological polar surface area (TPSA) is 123 Å². The predicted molar refractivity (Wildman–Crippen MR) is 57.9 cm³/mol. The van der Waals surface area contributed by atoms with E-state index in [1.54, 1.807) is 0 Å². The zero-order valence-electron chi connectivity index (χ0n) is 10.1. The number of aliphatic hydroxyl groups is 2. The van der Waals surface area contributed by atoms with Crippen LogP contribution in [0.25, 0.3) is 0 Å². The Balaban J connectivity index is 3.61. The van der Waals surface area contributed by atoms with Crippen molar-refractivity contribution in [3.63, 3.8) is 0 Å². The highest BCUT2D eigenvalue weighted by molar-refractivity contribution is 5.84. The molecule has 0 rings (SSSR count). The molecule has 0 radical (unpaired) electrons. The largest absolute Gasteiger partial charge is 0.479 e. The number of hydrogen-bond donors (Lipinski definition) is 3. The fourth-order valence-electron chi connectivity index (χ4n) is 0.915. The van der Waals surface area contributed by atoms with E-state index >= 15 is 0 Å². The van der Waals surface area contributed by atoms with Gasteiger partial charge in [-0.3, -0.25) is 0 Å². The summed E-state index contributed by atoms with van der Waals surface area (Å²) in [6.07, 6.45) is -4.30. The van der Waals surface area contributed by atoms with E-state index in [4.69, 9.17) is 24.8 Å². The molecule has 0 saturated carbocycles. The minimum Gasteiger partial charge on any atom is -0.479 e. The van der Waals surface area contributed by atoms with Gasteiger partial charge in [-0.15, -0.1) is 0 Å². The molecule has 2 atom stereocenters. The van der Waals surface area contributed by atoms with Gasteiger partial charge in [0.2, 0.25) is 0 Å². The number of esters is 1. The van der Waals surface area contributed by atoms with Crippen molar-refractivity contribution in [2.24, 2.45) is 0 Å². The Kier molecular flexibility index (Phi) is 9.11. The van der Waals surface area contributed by atoms with Crippen molar-refractivity contribution in [1.82, 2.24) is 0 Å². The van der Waals surface area contributed by atoms with Gasteiger partial charge < -0.3 is 29.5 Å². The minimum absolute atomic E-state index is 0.0920. The molecule has 0 aliphatic rings. The summed E-state index contributed by atoms with van der Waals surface area (Å²) in [4.78, 5) is 21.3. The van der Waals surface area contributed by atoms with Crippen molar-refractivity contribution in [3.8, 4) is 0 Å². The molecule has 0 aliphatic carbocycles. The molecular weight excluding hydrogens is 248 g/mol. The maximum atomic E-state index is 11.0. The molecule has 0 bridgehead atoms. The van der Waals surface area contributed by atoms with E-state index in [2.05, 4.69) is 4.74 Å². The number of carbonyl (C=O) groups is 2. The summed E-state index contributed by atoms with van der Waals surface area (Å²) in [5.74, 6) is -2.91. The number of ether oxygens (including phenoxy) is 3. The standard InChI is InChI=1S/C10H18O8/c1-2-16-3-4-17-5-6-18-10(15)8(12)7(11)9(13)14/h7-8,11-12H,2-6H2,1H3,(H,13,14). The molecule has 106 valence electrons. The lowest BCUT2D eigenvalue weighted by atomic mass is 10.2. The molecule has 0 fully saturated rings. The van der Waals surface area contributed by atoms with E-state index in [0.29, 0.717) is 19.8 Å². The van der Waals surface area contributed by atoms with Crippen LogP contribution in [-0.4, -0.2) is 72.5 Å². The number of rotatable bonds is 10. The molecule has 3 N–H and O–H groups in total. The van der Waals surface area contributed by atoms with Crippen molar-refractivity contribution < 1.29 is 39.1 Å². The van der Waals surface area contributed by atoms with Crippen LogP contribution in [0.1, 0.15) is 6.92 Å². The third kappa shape index (κ3) is 7.17. The maximum absolute atomic E-state index is 11.0. The number of hydrogen-bond acceptors (Lipinski definition) is 7. The first-order chi connectivity index (χ1) is 8.50. The van der Waals surface area contributed by atoms with Crippen LogP contribution in [0, 0.1) is 0 Å². The van der Waals surface area contributed by atoms with Gasteiger partial charge in [-0.05, 0) is 6.92 Å². The Morgan fingerprint density at radius 3 is 2.11 bits per heavy atom. The van der Waals surface area contributed by atoms with Gasteiger partial charge in [0, 0.05) is 6.61 Å². The number of carboxylic acid groups (broad SMARTS) is 1. The Hall–Kier alpha value is -1.22. The lowest BCUT2D eigenvalue weighted by Gasteiger charge is -2.13. The summed E-state index contributed by atoms with van der Waals surface area (Å²) in [6.45, 7) is 3.13. The summed E-state index contributed by atoms with van der Waals surface area (Å²) >= 11 is 0. The Morgan fingerprint density at radius 1 is 1.00 bits per heavy atom. The summed E-state index contributed by atoms with van der Waals surface area (Å²) in [6, 6.07) is 0. The van der Waals surface area contributed by atoms with Gasteiger partial charge in [0.15, 0.2) is 12.2 Å².